The van der Waals surface area contributed by atoms with Gasteiger partial charge < -0.3 is 9.30 Å². The fourth-order valence-electron chi connectivity index (χ4n) is 2.97. The Morgan fingerprint density at radius 2 is 1.78 bits per heavy atom. The molecule has 0 radical (unpaired) electrons. The van der Waals surface area contributed by atoms with E-state index >= 15 is 0 Å². The number of hydrogen-bond donors (Lipinski definition) is 0. The summed E-state index contributed by atoms with van der Waals surface area (Å²) < 4.78 is 7.60. The molecule has 0 atom stereocenters. The van der Waals surface area contributed by atoms with Crippen LogP contribution in [-0.2, 0) is 27.3 Å². The van der Waals surface area contributed by atoms with E-state index in [-0.39, 0.29) is 24.8 Å². The summed E-state index contributed by atoms with van der Waals surface area (Å²) in [6.45, 7) is 6.06. The number of aryl methyl sites for hydroxylation is 3. The highest BCUT2D eigenvalue weighted by molar-refractivity contribution is 7.16. The number of fused-ring (bicyclic) bond motifs is 1. The molecule has 1 aromatic heterocycles. The predicted octanol–water partition coefficient (Wildman–Crippen LogP) is 3.47. The van der Waals surface area contributed by atoms with Gasteiger partial charge in [-0.15, -0.1) is 0 Å². The molecule has 0 bridgehead atoms. The van der Waals surface area contributed by atoms with E-state index in [0.717, 1.165) is 32.5 Å². The highest BCUT2D eigenvalue weighted by Gasteiger charge is 2.14. The fraction of sp³-hybridized carbons (Fsp3) is 0.286. The summed E-state index contributed by atoms with van der Waals surface area (Å²) in [7, 11) is 1.35. The van der Waals surface area contributed by atoms with Gasteiger partial charge in [-0.2, -0.15) is 4.99 Å². The Bertz CT molecular complexity index is 1080. The SMILES string of the molecule is COC(=O)Cn1c(=NC(=O)Cc2ccc(C)cc2)sc2c(C)cc(C)cc21. The number of methoxy groups -OCH3 is 1. The predicted molar refractivity (Wildman–Crippen MR) is 107 cm³/mol. The fourth-order valence-corrected chi connectivity index (χ4v) is 4.07. The summed E-state index contributed by atoms with van der Waals surface area (Å²) in [5, 5.41) is 0. The van der Waals surface area contributed by atoms with Crippen LogP contribution in [0.1, 0.15) is 22.3 Å². The Balaban J connectivity index is 2.05. The van der Waals surface area contributed by atoms with Gasteiger partial charge in [-0.05, 0) is 43.5 Å². The number of carbonyl (C=O) groups is 2. The summed E-state index contributed by atoms with van der Waals surface area (Å²) in [6.07, 6.45) is 0.227. The minimum absolute atomic E-state index is 0.0238. The summed E-state index contributed by atoms with van der Waals surface area (Å²) in [4.78, 5) is 29.2. The van der Waals surface area contributed by atoms with Crippen molar-refractivity contribution in [2.75, 3.05) is 7.11 Å². The van der Waals surface area contributed by atoms with E-state index in [2.05, 4.69) is 11.1 Å². The van der Waals surface area contributed by atoms with Gasteiger partial charge in [-0.3, -0.25) is 9.59 Å². The van der Waals surface area contributed by atoms with Crippen LogP contribution in [0.3, 0.4) is 0 Å². The smallest absolute Gasteiger partial charge is 0.325 e. The molecule has 27 heavy (non-hydrogen) atoms. The monoisotopic (exact) mass is 382 g/mol. The molecule has 1 amide bonds. The molecule has 3 aromatic rings. The lowest BCUT2D eigenvalue weighted by molar-refractivity contribution is -0.141. The Kier molecular flexibility index (Phi) is 5.56. The van der Waals surface area contributed by atoms with Gasteiger partial charge in [0.1, 0.15) is 6.54 Å². The third-order valence-corrected chi connectivity index (χ3v) is 5.56. The average Bonchev–Trinajstić information content (AvgIpc) is 2.94. The number of benzene rings is 2. The topological polar surface area (TPSA) is 60.7 Å². The van der Waals surface area contributed by atoms with E-state index < -0.39 is 0 Å². The number of rotatable bonds is 4. The van der Waals surface area contributed by atoms with Gasteiger partial charge in [-0.25, -0.2) is 0 Å². The van der Waals surface area contributed by atoms with Crippen molar-refractivity contribution >= 4 is 33.4 Å². The summed E-state index contributed by atoms with van der Waals surface area (Å²) in [5.74, 6) is -0.611. The van der Waals surface area contributed by atoms with E-state index in [0.29, 0.717) is 4.80 Å². The average molecular weight is 382 g/mol. The maximum atomic E-state index is 12.5. The summed E-state index contributed by atoms with van der Waals surface area (Å²) in [6, 6.07) is 11.9. The van der Waals surface area contributed by atoms with Crippen molar-refractivity contribution in [3.05, 3.63) is 63.5 Å². The van der Waals surface area contributed by atoms with E-state index in [9.17, 15) is 9.59 Å². The van der Waals surface area contributed by atoms with Crippen LogP contribution >= 0.6 is 11.3 Å². The largest absolute Gasteiger partial charge is 0.468 e. The molecule has 0 spiro atoms. The standard InChI is InChI=1S/C21H22N2O3S/c1-13-5-7-16(8-6-13)11-18(24)22-21-23(12-19(25)26-4)17-10-14(2)9-15(3)20(17)27-21/h5-10H,11-12H2,1-4H3. The molecule has 0 saturated heterocycles. The lowest BCUT2D eigenvalue weighted by Crippen LogP contribution is -2.22. The number of amides is 1. The van der Waals surface area contributed by atoms with Gasteiger partial charge in [0.2, 0.25) is 0 Å². The van der Waals surface area contributed by atoms with Gasteiger partial charge in [-0.1, -0.05) is 47.2 Å². The van der Waals surface area contributed by atoms with E-state index in [4.69, 9.17) is 4.74 Å². The maximum Gasteiger partial charge on any atom is 0.325 e. The number of nitrogens with zero attached hydrogens (tertiary/aromatic N) is 2. The Morgan fingerprint density at radius 3 is 2.44 bits per heavy atom. The van der Waals surface area contributed by atoms with Crippen LogP contribution in [0.5, 0.6) is 0 Å². The lowest BCUT2D eigenvalue weighted by Gasteiger charge is -2.05. The van der Waals surface area contributed by atoms with Crippen molar-refractivity contribution in [2.24, 2.45) is 4.99 Å². The first-order chi connectivity index (χ1) is 12.9. The third kappa shape index (κ3) is 4.34. The van der Waals surface area contributed by atoms with Gasteiger partial charge in [0.05, 0.1) is 23.7 Å². The highest BCUT2D eigenvalue weighted by Crippen LogP contribution is 2.23. The van der Waals surface area contributed by atoms with Gasteiger partial charge >= 0.3 is 5.97 Å². The minimum Gasteiger partial charge on any atom is -0.468 e. The van der Waals surface area contributed by atoms with Crippen LogP contribution in [-0.4, -0.2) is 23.6 Å². The quantitative estimate of drug-likeness (QED) is 0.649. The number of hydrogen-bond acceptors (Lipinski definition) is 4. The molecule has 6 heteroatoms. The number of thiazole rings is 1. The molecule has 0 fully saturated rings. The molecule has 140 valence electrons. The van der Waals surface area contributed by atoms with Crippen molar-refractivity contribution in [1.29, 1.82) is 0 Å². The molecule has 2 aromatic carbocycles. The van der Waals surface area contributed by atoms with Crippen LogP contribution < -0.4 is 4.80 Å². The molecule has 0 aliphatic carbocycles. The van der Waals surface area contributed by atoms with Crippen LogP contribution in [0.15, 0.2) is 41.4 Å². The molecule has 3 rings (SSSR count). The van der Waals surface area contributed by atoms with Gasteiger partial charge in [0, 0.05) is 0 Å². The number of esters is 1. The van der Waals surface area contributed by atoms with Crippen LogP contribution in [0.4, 0.5) is 0 Å². The minimum atomic E-state index is -0.374. The van der Waals surface area contributed by atoms with Crippen molar-refractivity contribution in [3.8, 4) is 0 Å². The normalized spacial score (nSPS) is 11.8. The molecule has 1 heterocycles. The van der Waals surface area contributed by atoms with Gasteiger partial charge in [0.25, 0.3) is 5.91 Å². The maximum absolute atomic E-state index is 12.5. The first kappa shape index (κ1) is 19.0. The zero-order chi connectivity index (χ0) is 19.6. The molecule has 0 aliphatic rings. The molecule has 0 saturated carbocycles. The highest BCUT2D eigenvalue weighted by atomic mass is 32.1. The van der Waals surface area contributed by atoms with Crippen LogP contribution in [0, 0.1) is 20.8 Å². The van der Waals surface area contributed by atoms with E-state index in [1.807, 2.05) is 51.1 Å². The van der Waals surface area contributed by atoms with E-state index in [1.54, 1.807) is 4.57 Å². The Morgan fingerprint density at radius 1 is 1.07 bits per heavy atom. The first-order valence-corrected chi connectivity index (χ1v) is 9.49. The molecular weight excluding hydrogens is 360 g/mol. The van der Waals surface area contributed by atoms with Crippen molar-refractivity contribution < 1.29 is 14.3 Å². The zero-order valence-corrected chi connectivity index (χ0v) is 16.7. The van der Waals surface area contributed by atoms with Crippen LogP contribution in [0.2, 0.25) is 0 Å². The summed E-state index contributed by atoms with van der Waals surface area (Å²) >= 11 is 1.42. The second-order valence-electron chi connectivity index (χ2n) is 6.64. The third-order valence-electron chi connectivity index (χ3n) is 4.33. The van der Waals surface area contributed by atoms with Crippen molar-refractivity contribution in [1.82, 2.24) is 4.57 Å². The van der Waals surface area contributed by atoms with Crippen LogP contribution in [0.25, 0.3) is 10.2 Å². The number of ether oxygens (including phenoxy) is 1. The van der Waals surface area contributed by atoms with Gasteiger partial charge in [0.15, 0.2) is 4.80 Å². The van der Waals surface area contributed by atoms with Crippen molar-refractivity contribution in [2.45, 2.75) is 33.7 Å². The lowest BCUT2D eigenvalue weighted by atomic mass is 10.1. The van der Waals surface area contributed by atoms with E-state index in [1.165, 1.54) is 18.4 Å². The Labute approximate surface area is 161 Å². The first-order valence-electron chi connectivity index (χ1n) is 8.68. The summed E-state index contributed by atoms with van der Waals surface area (Å²) in [5.41, 5.74) is 5.15. The second kappa shape index (κ2) is 7.88. The molecule has 0 aliphatic heterocycles. The number of carbonyl (C=O) groups excluding carboxylic acids is 2. The molecular formula is C21H22N2O3S. The molecule has 0 unspecified atom stereocenters. The van der Waals surface area contributed by atoms with Crippen molar-refractivity contribution in [3.63, 3.8) is 0 Å². The second-order valence-corrected chi connectivity index (χ2v) is 7.62. The Hall–Kier alpha value is -2.73. The molecule has 5 nitrogen and oxygen atoms in total. The molecule has 0 N–H and O–H groups in total. The zero-order valence-electron chi connectivity index (χ0n) is 15.9. The number of aromatic nitrogens is 1.